The highest BCUT2D eigenvalue weighted by Gasteiger charge is 2.27. The fourth-order valence-corrected chi connectivity index (χ4v) is 3.44. The molecule has 6 nitrogen and oxygen atoms in total. The number of rotatable bonds is 6. The normalized spacial score (nSPS) is 16.0. The van der Waals surface area contributed by atoms with Gasteiger partial charge in [-0.3, -0.25) is 4.68 Å². The number of fused-ring (bicyclic) bond motifs is 1. The molecule has 0 atom stereocenters. The molecule has 0 aromatic carbocycles. The number of aryl methyl sites for hydroxylation is 1. The molecule has 0 fully saturated rings. The van der Waals surface area contributed by atoms with Crippen LogP contribution >= 0.6 is 0 Å². The predicted molar refractivity (Wildman–Crippen MR) is 68.9 cm³/mol. The van der Waals surface area contributed by atoms with Crippen LogP contribution in [0.25, 0.3) is 0 Å². The Hall–Kier alpha value is -1.63. The number of hydrogen-bond donors (Lipinski definition) is 0. The first kappa shape index (κ1) is 13.8. The molecule has 1 aliphatic heterocycles. The summed E-state index contributed by atoms with van der Waals surface area (Å²) in [6.07, 6.45) is 4.48. The first-order valence-electron chi connectivity index (χ1n) is 6.05. The van der Waals surface area contributed by atoms with Gasteiger partial charge in [0.2, 0.25) is 0 Å². The second-order valence-corrected chi connectivity index (χ2v) is 6.54. The monoisotopic (exact) mass is 284 g/mol. The average molecular weight is 284 g/mol. The van der Waals surface area contributed by atoms with Gasteiger partial charge in [0.25, 0.3) is 0 Å². The van der Waals surface area contributed by atoms with Gasteiger partial charge >= 0.3 is 5.97 Å². The Bertz CT molecular complexity index is 559. The third-order valence-electron chi connectivity index (χ3n) is 2.85. The molecule has 1 aromatic rings. The Labute approximate surface area is 112 Å². The molecule has 1 aromatic heterocycles. The number of ether oxygens (including phenoxy) is 1. The molecule has 0 saturated carbocycles. The van der Waals surface area contributed by atoms with Crippen molar-refractivity contribution in [1.82, 2.24) is 9.78 Å². The van der Waals surface area contributed by atoms with E-state index in [9.17, 15) is 13.2 Å². The molecule has 2 heterocycles. The summed E-state index contributed by atoms with van der Waals surface area (Å²) < 4.78 is 29.3. The van der Waals surface area contributed by atoms with Crippen LogP contribution in [0.5, 0.6) is 0 Å². The quantitative estimate of drug-likeness (QED) is 0.439. The van der Waals surface area contributed by atoms with Gasteiger partial charge in [0.05, 0.1) is 23.8 Å². The van der Waals surface area contributed by atoms with E-state index in [4.69, 9.17) is 4.74 Å². The number of carbonyl (C=O) groups is 1. The van der Waals surface area contributed by atoms with Crippen molar-refractivity contribution in [2.75, 3.05) is 6.61 Å². The Morgan fingerprint density at radius 2 is 2.26 bits per heavy atom. The highest BCUT2D eigenvalue weighted by Crippen LogP contribution is 2.23. The van der Waals surface area contributed by atoms with Gasteiger partial charge in [0, 0.05) is 24.4 Å². The van der Waals surface area contributed by atoms with E-state index in [1.54, 1.807) is 10.9 Å². The maximum Gasteiger partial charge on any atom is 0.330 e. The molecule has 0 aliphatic carbocycles. The summed E-state index contributed by atoms with van der Waals surface area (Å²) in [5, 5.41) is 4.25. The minimum atomic E-state index is -2.96. The predicted octanol–water partition coefficient (Wildman–Crippen LogP) is 0.821. The Morgan fingerprint density at radius 3 is 2.95 bits per heavy atom. The van der Waals surface area contributed by atoms with Crippen LogP contribution < -0.4 is 0 Å². The zero-order valence-electron chi connectivity index (χ0n) is 10.5. The van der Waals surface area contributed by atoms with E-state index >= 15 is 0 Å². The molecule has 0 spiro atoms. The van der Waals surface area contributed by atoms with Crippen LogP contribution in [0.2, 0.25) is 0 Å². The summed E-state index contributed by atoms with van der Waals surface area (Å²) in [7, 11) is -2.96. The van der Waals surface area contributed by atoms with Gasteiger partial charge < -0.3 is 4.74 Å². The topological polar surface area (TPSA) is 78.3 Å². The van der Waals surface area contributed by atoms with Crippen molar-refractivity contribution in [3.63, 3.8) is 0 Å². The first-order valence-corrected chi connectivity index (χ1v) is 7.87. The van der Waals surface area contributed by atoms with E-state index in [2.05, 4.69) is 11.7 Å². The number of unbranched alkanes of at least 4 members (excludes halogenated alkanes) is 1. The third kappa shape index (κ3) is 3.66. The minimum Gasteiger partial charge on any atom is -0.463 e. The molecular formula is C12H16N2O4S. The van der Waals surface area contributed by atoms with E-state index in [0.717, 1.165) is 24.5 Å². The largest absolute Gasteiger partial charge is 0.463 e. The molecule has 0 amide bonds. The van der Waals surface area contributed by atoms with Gasteiger partial charge in [-0.05, 0) is 12.8 Å². The molecule has 0 bridgehead atoms. The Morgan fingerprint density at radius 1 is 1.47 bits per heavy atom. The molecule has 0 saturated heterocycles. The van der Waals surface area contributed by atoms with Crippen molar-refractivity contribution < 1.29 is 17.9 Å². The lowest BCUT2D eigenvalue weighted by atomic mass is 10.3. The summed E-state index contributed by atoms with van der Waals surface area (Å²) in [6.45, 7) is 4.36. The van der Waals surface area contributed by atoms with Crippen LogP contribution in [0.1, 0.15) is 24.1 Å². The van der Waals surface area contributed by atoms with Crippen LogP contribution in [0.4, 0.5) is 0 Å². The van der Waals surface area contributed by atoms with Crippen molar-refractivity contribution >= 4 is 15.8 Å². The second kappa shape index (κ2) is 5.56. The number of carbonyl (C=O) groups excluding carboxylic acids is 1. The van der Waals surface area contributed by atoms with Gasteiger partial charge in [-0.25, -0.2) is 13.2 Å². The van der Waals surface area contributed by atoms with E-state index in [1.165, 1.54) is 0 Å². The zero-order chi connectivity index (χ0) is 13.9. The van der Waals surface area contributed by atoms with Crippen molar-refractivity contribution in [2.24, 2.45) is 0 Å². The van der Waals surface area contributed by atoms with Crippen LogP contribution in [0.3, 0.4) is 0 Å². The van der Waals surface area contributed by atoms with Gasteiger partial charge in [-0.2, -0.15) is 5.10 Å². The lowest BCUT2D eigenvalue weighted by Crippen LogP contribution is -2.06. The maximum absolute atomic E-state index is 11.3. The molecule has 2 rings (SSSR count). The SMILES string of the molecule is C=CC(=O)OCCCCn1cc2c(n1)CS(=O)(=O)C2. The fraction of sp³-hybridized carbons (Fsp3) is 0.500. The lowest BCUT2D eigenvalue weighted by molar-refractivity contribution is -0.137. The highest BCUT2D eigenvalue weighted by molar-refractivity contribution is 7.90. The van der Waals surface area contributed by atoms with E-state index in [1.807, 2.05) is 0 Å². The molecule has 0 unspecified atom stereocenters. The first-order chi connectivity index (χ1) is 9.00. The Kier molecular flexibility index (Phi) is 4.04. The summed E-state index contributed by atoms with van der Waals surface area (Å²) >= 11 is 0. The molecule has 7 heteroatoms. The van der Waals surface area contributed by atoms with Gasteiger partial charge in [-0.1, -0.05) is 6.58 Å². The average Bonchev–Trinajstić information content (AvgIpc) is 2.81. The summed E-state index contributed by atoms with van der Waals surface area (Å²) in [5.74, 6) is -0.269. The van der Waals surface area contributed by atoms with Gasteiger partial charge in [-0.15, -0.1) is 0 Å². The molecular weight excluding hydrogens is 268 g/mol. The molecule has 0 N–H and O–H groups in total. The highest BCUT2D eigenvalue weighted by atomic mass is 32.2. The maximum atomic E-state index is 11.3. The molecule has 0 radical (unpaired) electrons. The summed E-state index contributed by atoms with van der Waals surface area (Å²) in [4.78, 5) is 10.8. The van der Waals surface area contributed by atoms with Crippen LogP contribution in [0, 0.1) is 0 Å². The zero-order valence-corrected chi connectivity index (χ0v) is 11.4. The van der Waals surface area contributed by atoms with Crippen molar-refractivity contribution in [3.8, 4) is 0 Å². The van der Waals surface area contributed by atoms with Crippen molar-refractivity contribution in [2.45, 2.75) is 30.9 Å². The van der Waals surface area contributed by atoms with Crippen molar-refractivity contribution in [1.29, 1.82) is 0 Å². The molecule has 19 heavy (non-hydrogen) atoms. The fourth-order valence-electron chi connectivity index (χ4n) is 1.96. The standard InChI is InChI=1S/C12H16N2O4S/c1-2-12(15)18-6-4-3-5-14-7-10-8-19(16,17)9-11(10)13-14/h2,7H,1,3-6,8-9H2. The van der Waals surface area contributed by atoms with E-state index < -0.39 is 15.8 Å². The number of hydrogen-bond acceptors (Lipinski definition) is 5. The molecule has 1 aliphatic rings. The van der Waals surface area contributed by atoms with Gasteiger partial charge in [0.15, 0.2) is 9.84 Å². The third-order valence-corrected chi connectivity index (χ3v) is 4.31. The lowest BCUT2D eigenvalue weighted by Gasteiger charge is -2.03. The number of nitrogens with zero attached hydrogens (tertiary/aromatic N) is 2. The summed E-state index contributed by atoms with van der Waals surface area (Å²) in [5.41, 5.74) is 1.47. The number of aromatic nitrogens is 2. The summed E-state index contributed by atoms with van der Waals surface area (Å²) in [6, 6.07) is 0. The van der Waals surface area contributed by atoms with Crippen molar-refractivity contribution in [3.05, 3.63) is 30.1 Å². The van der Waals surface area contributed by atoms with Crippen LogP contribution in [0.15, 0.2) is 18.9 Å². The van der Waals surface area contributed by atoms with Crippen LogP contribution in [-0.2, 0) is 37.4 Å². The van der Waals surface area contributed by atoms with E-state index in [-0.39, 0.29) is 11.5 Å². The minimum absolute atomic E-state index is 0.0479. The van der Waals surface area contributed by atoms with Crippen LogP contribution in [-0.4, -0.2) is 30.8 Å². The Balaban J connectivity index is 1.74. The number of sulfone groups is 1. The number of esters is 1. The smallest absolute Gasteiger partial charge is 0.330 e. The molecule has 104 valence electrons. The second-order valence-electron chi connectivity index (χ2n) is 4.48. The van der Waals surface area contributed by atoms with Gasteiger partial charge in [0.1, 0.15) is 0 Å². The van der Waals surface area contributed by atoms with E-state index in [0.29, 0.717) is 18.8 Å².